The Morgan fingerprint density at radius 2 is 1.83 bits per heavy atom. The molecule has 0 spiro atoms. The summed E-state index contributed by atoms with van der Waals surface area (Å²) in [6.07, 6.45) is 12.4. The average Bonchev–Trinajstić information content (AvgIpc) is 2.86. The Kier molecular flexibility index (Phi) is 12.3. The third kappa shape index (κ3) is 8.26. The van der Waals surface area contributed by atoms with Crippen LogP contribution in [0.15, 0.2) is 65.0 Å². The van der Waals surface area contributed by atoms with Gasteiger partial charge in [-0.2, -0.15) is 0 Å². The molecule has 3 unspecified atom stereocenters. The van der Waals surface area contributed by atoms with Crippen LogP contribution in [0.25, 0.3) is 0 Å². The number of allylic oxidation sites excluding steroid dienone is 6. The molecule has 0 aliphatic heterocycles. The van der Waals surface area contributed by atoms with Crippen molar-refractivity contribution in [3.05, 3.63) is 71.1 Å². The fourth-order valence-electron chi connectivity index (χ4n) is 4.67. The van der Waals surface area contributed by atoms with Crippen LogP contribution in [0.4, 0.5) is 4.39 Å². The fraction of sp³-hybridized carbons (Fsp3) is 0.500. The summed E-state index contributed by atoms with van der Waals surface area (Å²) in [4.78, 5) is 30.2. The minimum Gasteiger partial charge on any atom is -0.316 e. The van der Waals surface area contributed by atoms with Crippen LogP contribution < -0.4 is 0 Å². The highest BCUT2D eigenvalue weighted by molar-refractivity contribution is 6.24. The Morgan fingerprint density at radius 3 is 2.42 bits per heavy atom. The molecule has 2 rings (SSSR count). The van der Waals surface area contributed by atoms with Crippen LogP contribution >= 0.6 is 11.6 Å². The molecular formula is C30H40ClFN2O2. The highest BCUT2D eigenvalue weighted by Gasteiger charge is 2.26. The summed E-state index contributed by atoms with van der Waals surface area (Å²) in [5.74, 6) is 0.633. The molecule has 36 heavy (non-hydrogen) atoms. The minimum atomic E-state index is -0.846. The van der Waals surface area contributed by atoms with Crippen molar-refractivity contribution in [3.63, 3.8) is 0 Å². The molecule has 0 N–H and O–H groups in total. The van der Waals surface area contributed by atoms with Gasteiger partial charge in [-0.05, 0) is 50.5 Å². The zero-order valence-electron chi connectivity index (χ0n) is 22.2. The quantitative estimate of drug-likeness (QED) is 0.152. The van der Waals surface area contributed by atoms with Gasteiger partial charge in [-0.3, -0.25) is 14.6 Å². The SMILES string of the molecule is CCCC(CCC(/N=C(C)/C1=C(\F)C(Cl)C=C/C=C\C1)N(C=O)[C@H](C)c1ccc(C=O)cc1)C(C)C. The Morgan fingerprint density at radius 1 is 1.14 bits per heavy atom. The minimum absolute atomic E-state index is 0.270. The van der Waals surface area contributed by atoms with Gasteiger partial charge in [0.25, 0.3) is 0 Å². The van der Waals surface area contributed by atoms with E-state index in [2.05, 4.69) is 20.8 Å². The summed E-state index contributed by atoms with van der Waals surface area (Å²) >= 11 is 6.24. The van der Waals surface area contributed by atoms with Gasteiger partial charge in [-0.15, -0.1) is 11.6 Å². The molecule has 1 aromatic rings. The van der Waals surface area contributed by atoms with Crippen LogP contribution in [0, 0.1) is 11.8 Å². The predicted octanol–water partition coefficient (Wildman–Crippen LogP) is 8.01. The Balaban J connectivity index is 2.45. The maximum absolute atomic E-state index is 15.2. The molecule has 1 amide bonds. The lowest BCUT2D eigenvalue weighted by molar-refractivity contribution is -0.122. The van der Waals surface area contributed by atoms with Crippen molar-refractivity contribution in [1.82, 2.24) is 4.90 Å². The number of carbonyl (C=O) groups excluding carboxylic acids is 2. The van der Waals surface area contributed by atoms with Crippen LogP contribution in [-0.2, 0) is 4.79 Å². The molecule has 0 saturated heterocycles. The first-order valence-corrected chi connectivity index (χ1v) is 13.4. The van der Waals surface area contributed by atoms with E-state index < -0.39 is 17.4 Å². The van der Waals surface area contributed by atoms with E-state index in [1.54, 1.807) is 36.1 Å². The van der Waals surface area contributed by atoms with Crippen molar-refractivity contribution in [1.29, 1.82) is 0 Å². The average molecular weight is 515 g/mol. The second-order valence-corrected chi connectivity index (χ2v) is 10.3. The zero-order valence-corrected chi connectivity index (χ0v) is 22.9. The van der Waals surface area contributed by atoms with Gasteiger partial charge in [0.1, 0.15) is 23.7 Å². The standard InChI is InChI=1S/C30H40ClFN2O2/c1-6-10-25(21(2)3)17-18-29(33-22(4)27-11-8-7-9-12-28(31)30(27)32)34(20-36)23(5)26-15-13-24(19-35)14-16-26/h7-9,12-16,19-21,23,25,28-29H,6,10-11,17-18H2,1-5H3/b8-7-,12-9?,30-27-,33-22+/t23-,25?,28?,29?/m1/s1. The van der Waals surface area contributed by atoms with Gasteiger partial charge in [0.05, 0.1) is 6.04 Å². The fourth-order valence-corrected chi connectivity index (χ4v) is 4.88. The number of alkyl halides is 1. The normalized spacial score (nSPS) is 21.9. The van der Waals surface area contributed by atoms with Crippen molar-refractivity contribution in [3.8, 4) is 0 Å². The van der Waals surface area contributed by atoms with Crippen molar-refractivity contribution in [2.24, 2.45) is 16.8 Å². The molecular weight excluding hydrogens is 475 g/mol. The molecule has 6 heteroatoms. The third-order valence-corrected chi connectivity index (χ3v) is 7.36. The van der Waals surface area contributed by atoms with Crippen molar-refractivity contribution in [2.45, 2.75) is 84.3 Å². The number of aliphatic imine (C=N–C) groups is 1. The number of hydrogen-bond donors (Lipinski definition) is 0. The summed E-state index contributed by atoms with van der Waals surface area (Å²) in [6.45, 7) is 10.4. The van der Waals surface area contributed by atoms with Gasteiger partial charge < -0.3 is 4.90 Å². The summed E-state index contributed by atoms with van der Waals surface area (Å²) in [7, 11) is 0. The summed E-state index contributed by atoms with van der Waals surface area (Å²) in [5.41, 5.74) is 2.50. The van der Waals surface area contributed by atoms with Crippen molar-refractivity contribution in [2.75, 3.05) is 0 Å². The molecule has 0 fully saturated rings. The van der Waals surface area contributed by atoms with E-state index in [0.717, 1.165) is 37.5 Å². The number of carbonyl (C=O) groups is 2. The number of aldehydes is 1. The summed E-state index contributed by atoms with van der Waals surface area (Å²) < 4.78 is 15.2. The van der Waals surface area contributed by atoms with Crippen molar-refractivity contribution < 1.29 is 14.0 Å². The lowest BCUT2D eigenvalue weighted by atomic mass is 9.86. The number of halogens is 2. The zero-order chi connectivity index (χ0) is 26.7. The monoisotopic (exact) mass is 514 g/mol. The highest BCUT2D eigenvalue weighted by atomic mass is 35.5. The van der Waals surface area contributed by atoms with Gasteiger partial charge in [0.2, 0.25) is 6.41 Å². The molecule has 1 aliphatic rings. The van der Waals surface area contributed by atoms with E-state index in [9.17, 15) is 9.59 Å². The largest absolute Gasteiger partial charge is 0.316 e. The topological polar surface area (TPSA) is 49.7 Å². The van der Waals surface area contributed by atoms with E-state index in [4.69, 9.17) is 16.6 Å². The Bertz CT molecular complexity index is 981. The van der Waals surface area contributed by atoms with E-state index in [1.807, 2.05) is 31.2 Å². The maximum atomic E-state index is 15.2. The molecule has 1 aromatic carbocycles. The second-order valence-electron chi connectivity index (χ2n) is 9.82. The molecule has 0 saturated carbocycles. The number of nitrogens with zero attached hydrogens (tertiary/aromatic N) is 2. The van der Waals surface area contributed by atoms with E-state index >= 15 is 4.39 Å². The first-order valence-electron chi connectivity index (χ1n) is 12.9. The lowest BCUT2D eigenvalue weighted by Crippen LogP contribution is -2.36. The summed E-state index contributed by atoms with van der Waals surface area (Å²) in [5, 5.41) is -0.846. The first kappa shape index (κ1) is 29.7. The molecule has 0 aromatic heterocycles. The third-order valence-electron chi connectivity index (χ3n) is 7.03. The van der Waals surface area contributed by atoms with Crippen LogP contribution in [0.3, 0.4) is 0 Å². The second kappa shape index (κ2) is 14.9. The molecule has 4 atom stereocenters. The highest BCUT2D eigenvalue weighted by Crippen LogP contribution is 2.30. The molecule has 196 valence electrons. The van der Waals surface area contributed by atoms with Gasteiger partial charge in [-0.25, -0.2) is 4.39 Å². The Hall–Kier alpha value is -2.53. The number of hydrogen-bond acceptors (Lipinski definition) is 3. The van der Waals surface area contributed by atoms with Crippen LogP contribution in [0.1, 0.15) is 88.7 Å². The van der Waals surface area contributed by atoms with Gasteiger partial charge in [-0.1, -0.05) is 82.2 Å². The first-order chi connectivity index (χ1) is 17.2. The van der Waals surface area contributed by atoms with E-state index in [0.29, 0.717) is 41.5 Å². The van der Waals surface area contributed by atoms with Crippen LogP contribution in [0.5, 0.6) is 0 Å². The van der Waals surface area contributed by atoms with Gasteiger partial charge in [0.15, 0.2) is 0 Å². The summed E-state index contributed by atoms with van der Waals surface area (Å²) in [6, 6.07) is 6.94. The predicted molar refractivity (Wildman–Crippen MR) is 148 cm³/mol. The molecule has 0 bridgehead atoms. The number of amides is 1. The van der Waals surface area contributed by atoms with Gasteiger partial charge >= 0.3 is 0 Å². The molecule has 0 radical (unpaired) electrons. The molecule has 0 heterocycles. The van der Waals surface area contributed by atoms with Crippen LogP contribution in [0.2, 0.25) is 0 Å². The van der Waals surface area contributed by atoms with E-state index in [1.165, 1.54) is 0 Å². The smallest absolute Gasteiger partial charge is 0.211 e. The molecule has 4 nitrogen and oxygen atoms in total. The van der Waals surface area contributed by atoms with Crippen LogP contribution in [-0.4, -0.2) is 34.9 Å². The lowest BCUT2D eigenvalue weighted by Gasteiger charge is -2.33. The van der Waals surface area contributed by atoms with E-state index in [-0.39, 0.29) is 6.04 Å². The number of benzene rings is 1. The number of rotatable bonds is 13. The maximum Gasteiger partial charge on any atom is 0.211 e. The molecule has 1 aliphatic carbocycles. The Labute approximate surface area is 221 Å². The van der Waals surface area contributed by atoms with Crippen molar-refractivity contribution >= 4 is 30.0 Å². The van der Waals surface area contributed by atoms with Gasteiger partial charge in [0, 0.05) is 16.8 Å².